The Hall–Kier alpha value is -1.29. The van der Waals surface area contributed by atoms with E-state index in [0.717, 1.165) is 5.56 Å². The zero-order valence-electron chi connectivity index (χ0n) is 9.17. The predicted octanol–water partition coefficient (Wildman–Crippen LogP) is 2.29. The fourth-order valence-corrected chi connectivity index (χ4v) is 1.40. The minimum atomic E-state index is -2.27. The van der Waals surface area contributed by atoms with Crippen molar-refractivity contribution in [3.63, 3.8) is 0 Å². The lowest BCUT2D eigenvalue weighted by Gasteiger charge is -2.03. The Morgan fingerprint density at radius 1 is 1.31 bits per heavy atom. The van der Waals surface area contributed by atoms with Crippen LogP contribution in [0.3, 0.4) is 0 Å². The molecule has 0 amide bonds. The summed E-state index contributed by atoms with van der Waals surface area (Å²) in [6, 6.07) is 6.82. The van der Waals surface area contributed by atoms with E-state index in [1.165, 1.54) is 0 Å². The molecule has 0 aliphatic rings. The third-order valence-electron chi connectivity index (χ3n) is 2.26. The van der Waals surface area contributed by atoms with Gasteiger partial charge in [0.1, 0.15) is 0 Å². The van der Waals surface area contributed by atoms with Gasteiger partial charge in [0, 0.05) is 12.0 Å². The van der Waals surface area contributed by atoms with Crippen LogP contribution in [0.1, 0.15) is 22.3 Å². The molecule has 0 unspecified atom stereocenters. The summed E-state index contributed by atoms with van der Waals surface area (Å²) in [6.07, 6.45) is -2.06. The number of ketones is 1. The molecule has 0 aliphatic heterocycles. The van der Waals surface area contributed by atoms with Crippen molar-refractivity contribution in [2.75, 3.05) is 13.6 Å². The molecule has 0 spiro atoms. The fraction of sp³-hybridized carbons (Fsp3) is 0.417. The topological polar surface area (TPSA) is 29.1 Å². The lowest BCUT2D eigenvalue weighted by Crippen LogP contribution is -2.18. The van der Waals surface area contributed by atoms with Gasteiger partial charge in [0.05, 0.1) is 6.54 Å². The van der Waals surface area contributed by atoms with E-state index < -0.39 is 6.43 Å². The molecule has 16 heavy (non-hydrogen) atoms. The first-order chi connectivity index (χ1) is 7.63. The Balaban J connectivity index is 2.57. The summed E-state index contributed by atoms with van der Waals surface area (Å²) in [6.45, 7) is 0.288. The van der Waals surface area contributed by atoms with Crippen molar-refractivity contribution in [2.45, 2.75) is 19.3 Å². The molecule has 0 fully saturated rings. The first-order valence-electron chi connectivity index (χ1n) is 5.18. The molecule has 1 aromatic carbocycles. The fourth-order valence-electron chi connectivity index (χ4n) is 1.40. The maximum atomic E-state index is 12.0. The molecule has 0 aliphatic carbocycles. The zero-order valence-corrected chi connectivity index (χ0v) is 9.17. The van der Waals surface area contributed by atoms with Crippen molar-refractivity contribution >= 4 is 5.78 Å². The molecule has 0 heterocycles. The van der Waals surface area contributed by atoms with E-state index in [4.69, 9.17) is 0 Å². The number of rotatable bonds is 6. The Labute approximate surface area is 93.7 Å². The minimum absolute atomic E-state index is 0.00269. The summed E-state index contributed by atoms with van der Waals surface area (Å²) < 4.78 is 23.9. The number of Topliss-reactive ketones (excluding diaryl/α,β-unsaturated/α-hetero) is 1. The van der Waals surface area contributed by atoms with Crippen LogP contribution < -0.4 is 5.32 Å². The molecule has 1 rings (SSSR count). The van der Waals surface area contributed by atoms with Gasteiger partial charge in [-0.05, 0) is 19.0 Å². The van der Waals surface area contributed by atoms with Crippen LogP contribution in [-0.2, 0) is 6.42 Å². The highest BCUT2D eigenvalue weighted by Gasteiger charge is 2.06. The standard InChI is InChI=1S/C12H15F2NO/c1-15-8-11(16)10-5-2-9(3-6-10)4-7-12(13)14/h2-3,5-6,12,15H,4,7-8H2,1H3. The number of likely N-dealkylation sites (N-methyl/N-ethyl adjacent to an activating group) is 1. The van der Waals surface area contributed by atoms with E-state index in [1.807, 2.05) is 0 Å². The summed E-state index contributed by atoms with van der Waals surface area (Å²) in [5, 5.41) is 2.77. The first kappa shape index (κ1) is 12.8. The van der Waals surface area contributed by atoms with Gasteiger partial charge < -0.3 is 5.32 Å². The Morgan fingerprint density at radius 3 is 2.44 bits per heavy atom. The number of carbonyl (C=O) groups excluding carboxylic acids is 1. The molecule has 0 atom stereocenters. The van der Waals surface area contributed by atoms with Gasteiger partial charge in [0.15, 0.2) is 5.78 Å². The van der Waals surface area contributed by atoms with E-state index in [9.17, 15) is 13.6 Å². The SMILES string of the molecule is CNCC(=O)c1ccc(CCC(F)F)cc1. The highest BCUT2D eigenvalue weighted by atomic mass is 19.3. The highest BCUT2D eigenvalue weighted by Crippen LogP contribution is 2.10. The average Bonchev–Trinajstić information content (AvgIpc) is 2.27. The van der Waals surface area contributed by atoms with E-state index in [1.54, 1.807) is 31.3 Å². The summed E-state index contributed by atoms with van der Waals surface area (Å²) >= 11 is 0. The Morgan fingerprint density at radius 2 is 1.94 bits per heavy atom. The molecule has 0 saturated carbocycles. The van der Waals surface area contributed by atoms with Crippen LogP contribution in [0.5, 0.6) is 0 Å². The number of aryl methyl sites for hydroxylation is 1. The van der Waals surface area contributed by atoms with Gasteiger partial charge in [-0.2, -0.15) is 0 Å². The quantitative estimate of drug-likeness (QED) is 0.755. The highest BCUT2D eigenvalue weighted by molar-refractivity contribution is 5.97. The van der Waals surface area contributed by atoms with E-state index in [2.05, 4.69) is 5.32 Å². The normalized spacial score (nSPS) is 10.8. The van der Waals surface area contributed by atoms with Crippen LogP contribution in [-0.4, -0.2) is 25.8 Å². The van der Waals surface area contributed by atoms with Gasteiger partial charge in [0.2, 0.25) is 6.43 Å². The van der Waals surface area contributed by atoms with Crippen molar-refractivity contribution in [1.82, 2.24) is 5.32 Å². The molecule has 4 heteroatoms. The van der Waals surface area contributed by atoms with Crippen molar-refractivity contribution in [1.29, 1.82) is 0 Å². The third-order valence-corrected chi connectivity index (χ3v) is 2.26. The summed E-state index contributed by atoms with van der Waals surface area (Å²) in [5.74, 6) is 0.00269. The van der Waals surface area contributed by atoms with Crippen LogP contribution in [0.2, 0.25) is 0 Å². The lowest BCUT2D eigenvalue weighted by atomic mass is 10.1. The molecule has 88 valence electrons. The molecular formula is C12H15F2NO. The van der Waals surface area contributed by atoms with Crippen LogP contribution in [0, 0.1) is 0 Å². The number of carbonyl (C=O) groups is 1. The Kier molecular flexibility index (Phi) is 5.05. The number of halogens is 2. The number of nitrogens with one attached hydrogen (secondary N) is 1. The van der Waals surface area contributed by atoms with Gasteiger partial charge in [-0.1, -0.05) is 24.3 Å². The molecule has 1 aromatic rings. The Bertz CT molecular complexity index is 335. The van der Waals surface area contributed by atoms with Crippen molar-refractivity contribution in [3.05, 3.63) is 35.4 Å². The number of hydrogen-bond donors (Lipinski definition) is 1. The van der Waals surface area contributed by atoms with E-state index in [-0.39, 0.29) is 18.7 Å². The first-order valence-corrected chi connectivity index (χ1v) is 5.18. The molecule has 0 bridgehead atoms. The second kappa shape index (κ2) is 6.33. The molecule has 0 aromatic heterocycles. The number of alkyl halides is 2. The largest absolute Gasteiger partial charge is 0.313 e. The van der Waals surface area contributed by atoms with Crippen molar-refractivity contribution in [3.8, 4) is 0 Å². The van der Waals surface area contributed by atoms with Gasteiger partial charge in [0.25, 0.3) is 0 Å². The minimum Gasteiger partial charge on any atom is -0.313 e. The molecule has 0 radical (unpaired) electrons. The van der Waals surface area contributed by atoms with Gasteiger partial charge in [-0.15, -0.1) is 0 Å². The van der Waals surface area contributed by atoms with Crippen LogP contribution in [0.25, 0.3) is 0 Å². The van der Waals surface area contributed by atoms with Crippen LogP contribution in [0.4, 0.5) is 8.78 Å². The van der Waals surface area contributed by atoms with Crippen LogP contribution in [0.15, 0.2) is 24.3 Å². The smallest absolute Gasteiger partial charge is 0.239 e. The van der Waals surface area contributed by atoms with E-state index in [0.29, 0.717) is 12.0 Å². The summed E-state index contributed by atoms with van der Waals surface area (Å²) in [4.78, 5) is 11.4. The maximum absolute atomic E-state index is 12.0. The lowest BCUT2D eigenvalue weighted by molar-refractivity contribution is 0.0993. The van der Waals surface area contributed by atoms with Gasteiger partial charge in [-0.3, -0.25) is 4.79 Å². The monoisotopic (exact) mass is 227 g/mol. The van der Waals surface area contributed by atoms with Gasteiger partial charge in [-0.25, -0.2) is 8.78 Å². The summed E-state index contributed by atoms with van der Waals surface area (Å²) in [5.41, 5.74) is 1.44. The van der Waals surface area contributed by atoms with Crippen LogP contribution >= 0.6 is 0 Å². The molecule has 0 saturated heterocycles. The third kappa shape index (κ3) is 4.06. The van der Waals surface area contributed by atoms with Crippen molar-refractivity contribution in [2.24, 2.45) is 0 Å². The second-order valence-corrected chi connectivity index (χ2v) is 3.58. The molecule has 1 N–H and O–H groups in total. The zero-order chi connectivity index (χ0) is 12.0. The average molecular weight is 227 g/mol. The molecular weight excluding hydrogens is 212 g/mol. The maximum Gasteiger partial charge on any atom is 0.239 e. The van der Waals surface area contributed by atoms with Gasteiger partial charge >= 0.3 is 0 Å². The number of hydrogen-bond acceptors (Lipinski definition) is 2. The van der Waals surface area contributed by atoms with Crippen molar-refractivity contribution < 1.29 is 13.6 Å². The predicted molar refractivity (Wildman–Crippen MR) is 59.0 cm³/mol. The summed E-state index contributed by atoms with van der Waals surface area (Å²) in [7, 11) is 1.70. The second-order valence-electron chi connectivity index (χ2n) is 3.58. The number of benzene rings is 1. The molecule has 2 nitrogen and oxygen atoms in total. The van der Waals surface area contributed by atoms with E-state index >= 15 is 0 Å².